The number of rotatable bonds is 1. The van der Waals surface area contributed by atoms with E-state index in [1.54, 1.807) is 0 Å². The zero-order valence-electron chi connectivity index (χ0n) is 12.7. The van der Waals surface area contributed by atoms with Crippen molar-refractivity contribution in [2.24, 2.45) is 0 Å². The molecule has 1 fully saturated rings. The van der Waals surface area contributed by atoms with Gasteiger partial charge in [0.05, 0.1) is 5.52 Å². The van der Waals surface area contributed by atoms with Crippen LogP contribution in [0, 0.1) is 0 Å². The van der Waals surface area contributed by atoms with E-state index in [-0.39, 0.29) is 6.03 Å². The molecule has 0 unspecified atom stereocenters. The first-order valence-electron chi connectivity index (χ1n) is 8.28. The number of pyridine rings is 1. The maximum Gasteiger partial charge on any atom is 0.323 e. The van der Waals surface area contributed by atoms with E-state index in [1.807, 2.05) is 23.1 Å². The van der Waals surface area contributed by atoms with Crippen LogP contribution in [-0.4, -0.2) is 23.6 Å². The van der Waals surface area contributed by atoms with Crippen LogP contribution in [0.2, 0.25) is 0 Å². The molecule has 1 N–H and O–H groups in total. The zero-order valence-corrected chi connectivity index (χ0v) is 12.7. The topological polar surface area (TPSA) is 45.2 Å². The van der Waals surface area contributed by atoms with Crippen LogP contribution in [0.3, 0.4) is 0 Å². The summed E-state index contributed by atoms with van der Waals surface area (Å²) >= 11 is 0. The number of carbonyl (C=O) groups is 1. The summed E-state index contributed by atoms with van der Waals surface area (Å²) in [6.07, 6.45) is 6.86. The Balaban J connectivity index is 1.57. The molecule has 1 aliphatic heterocycles. The number of nitrogens with one attached hydrogen (secondary N) is 1. The fraction of sp³-hybridized carbons (Fsp3) is 0.444. The molecule has 1 aliphatic carbocycles. The Morgan fingerprint density at radius 3 is 2.86 bits per heavy atom. The molecular weight excluding hydrogens is 274 g/mol. The number of nitrogens with zero attached hydrogens (tertiary/aromatic N) is 2. The Bertz CT molecular complexity index is 707. The average Bonchev–Trinajstić information content (AvgIpc) is 2.96. The minimum absolute atomic E-state index is 0.0217. The third kappa shape index (κ3) is 2.43. The molecule has 2 amide bonds. The monoisotopic (exact) mass is 295 g/mol. The summed E-state index contributed by atoms with van der Waals surface area (Å²) in [5, 5.41) is 4.35. The number of hydrogen-bond donors (Lipinski definition) is 1. The van der Waals surface area contributed by atoms with Crippen LogP contribution in [0.5, 0.6) is 0 Å². The van der Waals surface area contributed by atoms with E-state index in [2.05, 4.69) is 17.4 Å². The van der Waals surface area contributed by atoms with E-state index in [4.69, 9.17) is 4.98 Å². The Hall–Kier alpha value is -2.10. The molecule has 114 valence electrons. The van der Waals surface area contributed by atoms with Gasteiger partial charge < -0.3 is 5.32 Å². The molecule has 2 aliphatic rings. The summed E-state index contributed by atoms with van der Waals surface area (Å²) in [4.78, 5) is 19.1. The number of carbonyl (C=O) groups excluding carboxylic acids is 1. The predicted molar refractivity (Wildman–Crippen MR) is 88.2 cm³/mol. The van der Waals surface area contributed by atoms with Crippen LogP contribution >= 0.6 is 0 Å². The van der Waals surface area contributed by atoms with E-state index in [0.717, 1.165) is 42.5 Å². The first kappa shape index (κ1) is 13.6. The molecule has 0 atom stereocenters. The quantitative estimate of drug-likeness (QED) is 0.873. The molecule has 0 spiro atoms. The summed E-state index contributed by atoms with van der Waals surface area (Å²) in [5.41, 5.74) is 2.14. The SMILES string of the molecule is O=C(NC1CCCCC1)N1CCc2cc3ccccc3nc21. The van der Waals surface area contributed by atoms with Gasteiger partial charge in [0.25, 0.3) is 0 Å². The van der Waals surface area contributed by atoms with Crippen molar-refractivity contribution < 1.29 is 4.79 Å². The molecule has 22 heavy (non-hydrogen) atoms. The van der Waals surface area contributed by atoms with Crippen LogP contribution in [0.1, 0.15) is 37.7 Å². The number of fused-ring (bicyclic) bond motifs is 2. The maximum absolute atomic E-state index is 12.6. The predicted octanol–water partition coefficient (Wildman–Crippen LogP) is 3.64. The van der Waals surface area contributed by atoms with Gasteiger partial charge in [0, 0.05) is 18.0 Å². The first-order chi connectivity index (χ1) is 10.8. The van der Waals surface area contributed by atoms with Gasteiger partial charge in [-0.15, -0.1) is 0 Å². The third-order valence-electron chi connectivity index (χ3n) is 4.82. The fourth-order valence-corrected chi connectivity index (χ4v) is 3.60. The number of anilines is 1. The highest BCUT2D eigenvalue weighted by molar-refractivity contribution is 5.95. The molecule has 2 heterocycles. The van der Waals surface area contributed by atoms with Gasteiger partial charge in [-0.1, -0.05) is 37.5 Å². The summed E-state index contributed by atoms with van der Waals surface area (Å²) in [7, 11) is 0. The van der Waals surface area contributed by atoms with Gasteiger partial charge in [0.1, 0.15) is 5.82 Å². The molecule has 1 aromatic heterocycles. The van der Waals surface area contributed by atoms with Gasteiger partial charge >= 0.3 is 6.03 Å². The van der Waals surface area contributed by atoms with E-state index in [1.165, 1.54) is 24.8 Å². The van der Waals surface area contributed by atoms with Crippen molar-refractivity contribution in [1.29, 1.82) is 0 Å². The van der Waals surface area contributed by atoms with Crippen molar-refractivity contribution >= 4 is 22.8 Å². The van der Waals surface area contributed by atoms with E-state index in [0.29, 0.717) is 6.04 Å². The summed E-state index contributed by atoms with van der Waals surface area (Å²) in [5.74, 6) is 0.840. The van der Waals surface area contributed by atoms with Crippen LogP contribution in [0.4, 0.5) is 10.6 Å². The molecule has 4 heteroatoms. The minimum Gasteiger partial charge on any atom is -0.335 e. The number of urea groups is 1. The molecule has 0 saturated heterocycles. The zero-order chi connectivity index (χ0) is 14.9. The standard InChI is InChI=1S/C18H21N3O/c22-18(19-15-7-2-1-3-8-15)21-11-10-14-12-13-6-4-5-9-16(13)20-17(14)21/h4-6,9,12,15H,1-3,7-8,10-11H2,(H,19,22). The second kappa shape index (κ2) is 5.59. The van der Waals surface area contributed by atoms with E-state index in [9.17, 15) is 4.79 Å². The fourth-order valence-electron chi connectivity index (χ4n) is 3.60. The highest BCUT2D eigenvalue weighted by Gasteiger charge is 2.28. The summed E-state index contributed by atoms with van der Waals surface area (Å²) in [6, 6.07) is 10.6. The molecule has 4 nitrogen and oxygen atoms in total. The van der Waals surface area contributed by atoms with Crippen molar-refractivity contribution in [2.75, 3.05) is 11.4 Å². The van der Waals surface area contributed by atoms with Gasteiger partial charge in [0.2, 0.25) is 0 Å². The van der Waals surface area contributed by atoms with Crippen molar-refractivity contribution in [2.45, 2.75) is 44.6 Å². The van der Waals surface area contributed by atoms with Crippen molar-refractivity contribution in [3.05, 3.63) is 35.9 Å². The lowest BCUT2D eigenvalue weighted by atomic mass is 9.96. The number of benzene rings is 1. The Morgan fingerprint density at radius 1 is 1.18 bits per heavy atom. The minimum atomic E-state index is 0.0217. The van der Waals surface area contributed by atoms with Gasteiger partial charge in [-0.2, -0.15) is 0 Å². The van der Waals surface area contributed by atoms with Crippen LogP contribution in [-0.2, 0) is 6.42 Å². The molecule has 1 saturated carbocycles. The van der Waals surface area contributed by atoms with Crippen molar-refractivity contribution in [1.82, 2.24) is 10.3 Å². The number of para-hydroxylation sites is 1. The average molecular weight is 295 g/mol. The molecular formula is C18H21N3O. The van der Waals surface area contributed by atoms with Crippen LogP contribution in [0.15, 0.2) is 30.3 Å². The van der Waals surface area contributed by atoms with Crippen molar-refractivity contribution in [3.8, 4) is 0 Å². The molecule has 0 bridgehead atoms. The normalized spacial score (nSPS) is 18.5. The summed E-state index contributed by atoms with van der Waals surface area (Å²) < 4.78 is 0. The largest absolute Gasteiger partial charge is 0.335 e. The lowest BCUT2D eigenvalue weighted by Gasteiger charge is -2.26. The highest BCUT2D eigenvalue weighted by Crippen LogP contribution is 2.29. The van der Waals surface area contributed by atoms with E-state index >= 15 is 0 Å². The van der Waals surface area contributed by atoms with E-state index < -0.39 is 0 Å². The summed E-state index contributed by atoms with van der Waals surface area (Å²) in [6.45, 7) is 0.733. The van der Waals surface area contributed by atoms with Crippen molar-refractivity contribution in [3.63, 3.8) is 0 Å². The molecule has 0 radical (unpaired) electrons. The van der Waals surface area contributed by atoms with Gasteiger partial charge in [-0.25, -0.2) is 9.78 Å². The number of amides is 2. The molecule has 4 rings (SSSR count). The first-order valence-corrected chi connectivity index (χ1v) is 8.28. The van der Waals surface area contributed by atoms with Gasteiger partial charge in [0.15, 0.2) is 0 Å². The third-order valence-corrected chi connectivity index (χ3v) is 4.82. The van der Waals surface area contributed by atoms with Crippen LogP contribution < -0.4 is 10.2 Å². The highest BCUT2D eigenvalue weighted by atomic mass is 16.2. The second-order valence-electron chi connectivity index (χ2n) is 6.35. The molecule has 2 aromatic rings. The maximum atomic E-state index is 12.6. The Kier molecular flexibility index (Phi) is 3.45. The smallest absolute Gasteiger partial charge is 0.323 e. The number of hydrogen-bond acceptors (Lipinski definition) is 2. The lowest BCUT2D eigenvalue weighted by molar-refractivity contribution is 0.238. The Morgan fingerprint density at radius 2 is 2.00 bits per heavy atom. The van der Waals surface area contributed by atoms with Crippen LogP contribution in [0.25, 0.3) is 10.9 Å². The Labute approximate surface area is 130 Å². The van der Waals surface area contributed by atoms with Gasteiger partial charge in [-0.05, 0) is 37.0 Å². The lowest BCUT2D eigenvalue weighted by Crippen LogP contribution is -2.45. The number of aromatic nitrogens is 1. The van der Waals surface area contributed by atoms with Gasteiger partial charge in [-0.3, -0.25) is 4.90 Å². The second-order valence-corrected chi connectivity index (χ2v) is 6.35. The molecule has 1 aromatic carbocycles.